The molecule has 0 fully saturated rings. The average molecular weight is 272 g/mol. The largest absolute Gasteiger partial charge is 0.446 e. The zero-order valence-corrected chi connectivity index (χ0v) is 11.6. The van der Waals surface area contributed by atoms with E-state index in [9.17, 15) is 9.36 Å². The van der Waals surface area contributed by atoms with E-state index in [0.717, 1.165) is 0 Å². The van der Waals surface area contributed by atoms with Gasteiger partial charge in [0.25, 0.3) is 0 Å². The molecule has 1 rings (SSSR count). The first-order valence-electron chi connectivity index (χ1n) is 5.54. The van der Waals surface area contributed by atoms with Gasteiger partial charge in [0.05, 0.1) is 5.56 Å². The summed E-state index contributed by atoms with van der Waals surface area (Å²) in [6.07, 6.45) is 0.345. The van der Waals surface area contributed by atoms with Gasteiger partial charge in [0.15, 0.2) is 0 Å². The fourth-order valence-electron chi connectivity index (χ4n) is 1.45. The molecular weight excluding hydrogens is 255 g/mol. The number of hydrogen-bond donors (Lipinski definition) is 0. The van der Waals surface area contributed by atoms with E-state index in [0.29, 0.717) is 12.0 Å². The lowest BCUT2D eigenvalue weighted by Gasteiger charge is -2.23. The lowest BCUT2D eigenvalue weighted by molar-refractivity contribution is 0.0378. The highest BCUT2D eigenvalue weighted by Gasteiger charge is 2.36. The second kappa shape index (κ2) is 6.69. The van der Waals surface area contributed by atoms with Gasteiger partial charge in [-0.15, -0.1) is 0 Å². The summed E-state index contributed by atoms with van der Waals surface area (Å²) >= 11 is 0. The van der Waals surface area contributed by atoms with Gasteiger partial charge in [-0.3, -0.25) is 4.57 Å². The van der Waals surface area contributed by atoms with E-state index in [4.69, 9.17) is 13.8 Å². The van der Waals surface area contributed by atoms with Crippen LogP contribution in [-0.4, -0.2) is 26.0 Å². The average Bonchev–Trinajstić information content (AvgIpc) is 2.44. The fourth-order valence-corrected chi connectivity index (χ4v) is 2.74. The normalized spacial score (nSPS) is 13.1. The van der Waals surface area contributed by atoms with Crippen molar-refractivity contribution in [3.8, 4) is 0 Å². The first-order chi connectivity index (χ1) is 8.57. The summed E-state index contributed by atoms with van der Waals surface area (Å²) < 4.78 is 27.0. The Kier molecular flexibility index (Phi) is 5.54. The summed E-state index contributed by atoms with van der Waals surface area (Å²) in [7, 11) is -0.874. The molecule has 18 heavy (non-hydrogen) atoms. The van der Waals surface area contributed by atoms with Gasteiger partial charge in [-0.25, -0.2) is 4.79 Å². The Hall–Kier alpha value is -1.16. The Morgan fingerprint density at radius 2 is 1.78 bits per heavy atom. The molecule has 0 N–H and O–H groups in total. The smallest absolute Gasteiger partial charge is 0.370 e. The molecule has 0 saturated carbocycles. The SMILES string of the molecule is CC[C@@H](OC(=O)c1ccccc1)P(=O)(OC)OC. The van der Waals surface area contributed by atoms with Crippen LogP contribution in [0.15, 0.2) is 30.3 Å². The van der Waals surface area contributed by atoms with Crippen LogP contribution >= 0.6 is 7.60 Å². The molecule has 0 unspecified atom stereocenters. The van der Waals surface area contributed by atoms with Crippen LogP contribution in [0.25, 0.3) is 0 Å². The van der Waals surface area contributed by atoms with Crippen LogP contribution in [0.3, 0.4) is 0 Å². The minimum absolute atomic E-state index is 0.345. The Morgan fingerprint density at radius 3 is 2.22 bits per heavy atom. The minimum atomic E-state index is -3.41. The second-order valence-electron chi connectivity index (χ2n) is 3.54. The quantitative estimate of drug-likeness (QED) is 0.588. The number of rotatable bonds is 6. The molecule has 0 aliphatic rings. The van der Waals surface area contributed by atoms with Crippen LogP contribution in [0.5, 0.6) is 0 Å². The molecule has 0 saturated heterocycles. The lowest BCUT2D eigenvalue weighted by atomic mass is 10.2. The van der Waals surface area contributed by atoms with Crippen LogP contribution < -0.4 is 0 Å². The van der Waals surface area contributed by atoms with E-state index < -0.39 is 19.4 Å². The third-order valence-electron chi connectivity index (χ3n) is 2.46. The van der Waals surface area contributed by atoms with Crippen molar-refractivity contribution in [2.45, 2.75) is 19.2 Å². The Balaban J connectivity index is 2.82. The summed E-state index contributed by atoms with van der Waals surface area (Å²) in [5.74, 6) is -1.45. The number of ether oxygens (including phenoxy) is 1. The molecule has 0 aromatic heterocycles. The third kappa shape index (κ3) is 3.42. The van der Waals surface area contributed by atoms with Crippen molar-refractivity contribution in [3.63, 3.8) is 0 Å². The highest BCUT2D eigenvalue weighted by Crippen LogP contribution is 2.53. The summed E-state index contributed by atoms with van der Waals surface area (Å²) in [6, 6.07) is 8.50. The topological polar surface area (TPSA) is 61.8 Å². The van der Waals surface area contributed by atoms with Gasteiger partial charge in [0, 0.05) is 14.2 Å². The first-order valence-corrected chi connectivity index (χ1v) is 7.15. The van der Waals surface area contributed by atoms with E-state index in [2.05, 4.69) is 0 Å². The molecule has 0 heterocycles. The van der Waals surface area contributed by atoms with Gasteiger partial charge >= 0.3 is 13.6 Å². The van der Waals surface area contributed by atoms with E-state index in [1.807, 2.05) is 0 Å². The van der Waals surface area contributed by atoms with Crippen LogP contribution in [-0.2, 0) is 18.3 Å². The van der Waals surface area contributed by atoms with Crippen molar-refractivity contribution in [1.82, 2.24) is 0 Å². The van der Waals surface area contributed by atoms with Gasteiger partial charge < -0.3 is 13.8 Å². The molecule has 0 amide bonds. The van der Waals surface area contributed by atoms with Crippen molar-refractivity contribution in [2.24, 2.45) is 0 Å². The van der Waals surface area contributed by atoms with Crippen LogP contribution in [0.2, 0.25) is 0 Å². The number of carbonyl (C=O) groups is 1. The standard InChI is InChI=1S/C12H17O5P/c1-4-11(18(14,15-2)16-3)17-12(13)10-8-6-5-7-9-10/h5-9,11H,4H2,1-3H3/t11-/m0/s1. The molecular formula is C12H17O5P. The zero-order chi connectivity index (χ0) is 13.6. The Morgan fingerprint density at radius 1 is 1.22 bits per heavy atom. The molecule has 100 valence electrons. The summed E-state index contributed by atoms with van der Waals surface area (Å²) in [5.41, 5.74) is 0.398. The van der Waals surface area contributed by atoms with Gasteiger partial charge in [-0.2, -0.15) is 0 Å². The molecule has 0 spiro atoms. The van der Waals surface area contributed by atoms with Gasteiger partial charge in [0.2, 0.25) is 5.85 Å². The van der Waals surface area contributed by atoms with Crippen LogP contribution in [0.1, 0.15) is 23.7 Å². The van der Waals surface area contributed by atoms with Crippen LogP contribution in [0.4, 0.5) is 0 Å². The molecule has 1 aromatic carbocycles. The Bertz CT molecular complexity index is 423. The zero-order valence-electron chi connectivity index (χ0n) is 10.7. The number of esters is 1. The maximum Gasteiger partial charge on any atom is 0.370 e. The summed E-state index contributed by atoms with van der Waals surface area (Å²) in [6.45, 7) is 1.74. The molecule has 5 nitrogen and oxygen atoms in total. The van der Waals surface area contributed by atoms with Crippen LogP contribution in [0, 0.1) is 0 Å². The van der Waals surface area contributed by atoms with E-state index in [1.54, 1.807) is 37.3 Å². The molecule has 0 radical (unpaired) electrons. The minimum Gasteiger partial charge on any atom is -0.446 e. The number of benzene rings is 1. The van der Waals surface area contributed by atoms with E-state index >= 15 is 0 Å². The maximum atomic E-state index is 12.1. The third-order valence-corrected chi connectivity index (χ3v) is 4.66. The predicted octanol–water partition coefficient (Wildman–Crippen LogP) is 3.07. The maximum absolute atomic E-state index is 12.1. The number of carbonyl (C=O) groups excluding carboxylic acids is 1. The second-order valence-corrected chi connectivity index (χ2v) is 5.93. The molecule has 1 atom stereocenters. The molecule has 0 bridgehead atoms. The highest BCUT2D eigenvalue weighted by atomic mass is 31.2. The summed E-state index contributed by atoms with van der Waals surface area (Å²) in [4.78, 5) is 11.8. The lowest BCUT2D eigenvalue weighted by Crippen LogP contribution is -2.19. The van der Waals surface area contributed by atoms with Gasteiger partial charge in [-0.05, 0) is 18.6 Å². The Labute approximate surface area is 107 Å². The molecule has 1 aromatic rings. The highest BCUT2D eigenvalue weighted by molar-refractivity contribution is 7.54. The van der Waals surface area contributed by atoms with Gasteiger partial charge in [0.1, 0.15) is 0 Å². The fraction of sp³-hybridized carbons (Fsp3) is 0.417. The van der Waals surface area contributed by atoms with Crippen molar-refractivity contribution < 1.29 is 23.1 Å². The van der Waals surface area contributed by atoms with Crippen molar-refractivity contribution >= 4 is 13.6 Å². The van der Waals surface area contributed by atoms with E-state index in [1.165, 1.54) is 14.2 Å². The van der Waals surface area contributed by atoms with Crippen molar-refractivity contribution in [2.75, 3.05) is 14.2 Å². The van der Waals surface area contributed by atoms with Crippen molar-refractivity contribution in [3.05, 3.63) is 35.9 Å². The van der Waals surface area contributed by atoms with E-state index in [-0.39, 0.29) is 0 Å². The monoisotopic (exact) mass is 272 g/mol. The van der Waals surface area contributed by atoms with Gasteiger partial charge in [-0.1, -0.05) is 25.1 Å². The molecule has 0 aliphatic heterocycles. The first kappa shape index (κ1) is 14.9. The summed E-state index contributed by atoms with van der Waals surface area (Å²) in [5, 5.41) is 0. The predicted molar refractivity (Wildman–Crippen MR) is 67.6 cm³/mol. The molecule has 0 aliphatic carbocycles. The van der Waals surface area contributed by atoms with Crippen molar-refractivity contribution in [1.29, 1.82) is 0 Å². The molecule has 6 heteroatoms. The number of hydrogen-bond acceptors (Lipinski definition) is 5.